The first kappa shape index (κ1) is 51.3. The molecule has 0 saturated carbocycles. The lowest BCUT2D eigenvalue weighted by molar-refractivity contribution is -0.148. The number of aliphatic hydroxyl groups excluding tert-OH is 1. The highest BCUT2D eigenvalue weighted by atomic mass is 127. The first-order valence-corrected chi connectivity index (χ1v) is 25.9. The molecule has 0 radical (unpaired) electrons. The van der Waals surface area contributed by atoms with Gasteiger partial charge in [-0.05, 0) is 140 Å². The standard InChI is InChI=1S/C52H60ClI2N7O6/c1-7-33-12-15-37(46(25-33)68-40-21-16-36(17-22-40)45-27-56-47(30-58(3)4)61(45)32-54)28-62-48(64)26-43(42-23-18-35-10-8-9-11-41(35)42)49(65)59(5)29-39(24-34-13-19-38(53)20-14-34)60(6)50(66)44(31-63)57-51(67)52(62,2)55/h8-17,19-22,25,27,39,42-44,63H,7,18,23-24,26,28-32H2,1-6H3,(H,57,67)/t39-,42-,43+,44+,52-/m1/s1. The van der Waals surface area contributed by atoms with Gasteiger partial charge in [0, 0.05) is 43.2 Å². The van der Waals surface area contributed by atoms with Gasteiger partial charge in [-0.3, -0.25) is 19.2 Å². The van der Waals surface area contributed by atoms with Crippen molar-refractivity contribution in [2.45, 2.75) is 85.1 Å². The number of aliphatic hydroxyl groups is 1. The highest BCUT2D eigenvalue weighted by Gasteiger charge is 2.46. The molecule has 0 unspecified atom stereocenters. The fourth-order valence-electron chi connectivity index (χ4n) is 9.33. The normalized spacial score (nSPS) is 21.8. The number of ether oxygens (including phenoxy) is 1. The molecular weight excluding hydrogens is 1110 g/mol. The van der Waals surface area contributed by atoms with E-state index in [1.807, 2.05) is 116 Å². The molecule has 1 aliphatic heterocycles. The quantitative estimate of drug-likeness (QED) is 0.0683. The van der Waals surface area contributed by atoms with Crippen LogP contribution in [0.2, 0.25) is 5.02 Å². The number of imidazole rings is 1. The maximum atomic E-state index is 15.3. The maximum absolute atomic E-state index is 15.3. The number of carbonyl (C=O) groups is 4. The van der Waals surface area contributed by atoms with Crippen molar-refractivity contribution in [3.05, 3.63) is 136 Å². The number of hydrogen-bond acceptors (Lipinski definition) is 8. The molecule has 1 aromatic heterocycles. The zero-order valence-electron chi connectivity index (χ0n) is 39.4. The second kappa shape index (κ2) is 22.5. The van der Waals surface area contributed by atoms with E-state index in [9.17, 15) is 14.7 Å². The molecule has 5 aromatic rings. The van der Waals surface area contributed by atoms with Crippen LogP contribution in [0, 0.1) is 5.92 Å². The summed E-state index contributed by atoms with van der Waals surface area (Å²) >= 11 is 10.5. The second-order valence-electron chi connectivity index (χ2n) is 18.2. The average molecular weight is 1170 g/mol. The minimum atomic E-state index is -1.61. The number of halogens is 3. The van der Waals surface area contributed by atoms with E-state index in [4.69, 9.17) is 21.3 Å². The van der Waals surface area contributed by atoms with Crippen LogP contribution in [-0.2, 0) is 56.1 Å². The number of aryl methyl sites for hydroxylation is 2. The highest BCUT2D eigenvalue weighted by molar-refractivity contribution is 14.1. The van der Waals surface area contributed by atoms with Crippen LogP contribution in [0.5, 0.6) is 11.5 Å². The van der Waals surface area contributed by atoms with E-state index in [1.165, 1.54) is 9.80 Å². The van der Waals surface area contributed by atoms with Gasteiger partial charge in [-0.15, -0.1) is 0 Å². The Bertz CT molecular complexity index is 2610. The van der Waals surface area contributed by atoms with Crippen LogP contribution >= 0.6 is 56.8 Å². The summed E-state index contributed by atoms with van der Waals surface area (Å²) in [6.45, 7) is 3.77. The third-order valence-corrected chi connectivity index (χ3v) is 15.3. The summed E-state index contributed by atoms with van der Waals surface area (Å²) in [5.74, 6) is -0.802. The third-order valence-electron chi connectivity index (χ3n) is 13.3. The third kappa shape index (κ3) is 11.5. The summed E-state index contributed by atoms with van der Waals surface area (Å²) in [4.78, 5) is 70.9. The molecule has 2 heterocycles. The number of nitrogens with zero attached hydrogens (tertiary/aromatic N) is 6. The number of nitrogens with one attached hydrogen (secondary N) is 1. The van der Waals surface area contributed by atoms with Gasteiger partial charge in [0.2, 0.25) is 17.7 Å². The molecule has 5 atom stereocenters. The van der Waals surface area contributed by atoms with E-state index >= 15 is 9.59 Å². The minimum Gasteiger partial charge on any atom is -0.457 e. The van der Waals surface area contributed by atoms with E-state index in [2.05, 4.69) is 50.4 Å². The first-order valence-electron chi connectivity index (χ1n) is 22.9. The van der Waals surface area contributed by atoms with Crippen LogP contribution < -0.4 is 10.1 Å². The monoisotopic (exact) mass is 1170 g/mol. The maximum Gasteiger partial charge on any atom is 0.256 e. The molecule has 2 N–H and O–H groups in total. The first-order chi connectivity index (χ1) is 32.5. The summed E-state index contributed by atoms with van der Waals surface area (Å²) in [5, 5.41) is 14.1. The van der Waals surface area contributed by atoms with Crippen LogP contribution in [0.1, 0.15) is 66.2 Å². The number of benzene rings is 4. The fourth-order valence-corrected chi connectivity index (χ4v) is 10.8. The predicted molar refractivity (Wildman–Crippen MR) is 282 cm³/mol. The smallest absolute Gasteiger partial charge is 0.256 e. The van der Waals surface area contributed by atoms with Crippen molar-refractivity contribution in [2.75, 3.05) is 41.3 Å². The van der Waals surface area contributed by atoms with Gasteiger partial charge in [0.1, 0.15) is 23.4 Å². The molecule has 4 aromatic carbocycles. The molecule has 1 aliphatic carbocycles. The summed E-state index contributed by atoms with van der Waals surface area (Å²) in [7, 11) is 7.39. The van der Waals surface area contributed by atoms with Crippen molar-refractivity contribution in [3.63, 3.8) is 0 Å². The Balaban J connectivity index is 1.26. The van der Waals surface area contributed by atoms with Crippen LogP contribution in [-0.4, -0.2) is 115 Å². The lowest BCUT2D eigenvalue weighted by atomic mass is 9.83. The predicted octanol–water partition coefficient (Wildman–Crippen LogP) is 8.25. The summed E-state index contributed by atoms with van der Waals surface area (Å²) in [6, 6.07) is 27.1. The van der Waals surface area contributed by atoms with Crippen LogP contribution in [0.15, 0.2) is 97.2 Å². The molecule has 0 spiro atoms. The lowest BCUT2D eigenvalue weighted by Gasteiger charge is -2.40. The lowest BCUT2D eigenvalue weighted by Crippen LogP contribution is -2.61. The molecule has 68 heavy (non-hydrogen) atoms. The molecule has 13 nitrogen and oxygen atoms in total. The average Bonchev–Trinajstić information content (AvgIpc) is 3.95. The largest absolute Gasteiger partial charge is 0.457 e. The number of carbonyl (C=O) groups excluding carboxylic acids is 4. The van der Waals surface area contributed by atoms with Gasteiger partial charge in [0.15, 0.2) is 3.55 Å². The molecule has 360 valence electrons. The zero-order valence-corrected chi connectivity index (χ0v) is 44.5. The van der Waals surface area contributed by atoms with E-state index in [-0.39, 0.29) is 31.3 Å². The van der Waals surface area contributed by atoms with E-state index in [0.29, 0.717) is 41.5 Å². The van der Waals surface area contributed by atoms with Gasteiger partial charge in [-0.2, -0.15) is 0 Å². The number of rotatable bonds is 13. The Labute approximate surface area is 431 Å². The number of fused-ring (bicyclic) bond motifs is 1. The Hall–Kier alpha value is -4.56. The van der Waals surface area contributed by atoms with Crippen LogP contribution in [0.4, 0.5) is 0 Å². The van der Waals surface area contributed by atoms with Crippen LogP contribution in [0.3, 0.4) is 0 Å². The van der Waals surface area contributed by atoms with E-state index < -0.39 is 45.9 Å². The highest BCUT2D eigenvalue weighted by Crippen LogP contribution is 2.42. The Morgan fingerprint density at radius 1 is 0.941 bits per heavy atom. The SMILES string of the molecule is CCc1ccc(CN2C(=O)C[C@@H]([C@@H]3CCc4ccccc43)C(=O)N(C)C[C@@H](Cc3ccc(Cl)cc3)N(C)C(=O)[C@H](CO)NC(=O)[C@]2(C)I)c(Oc2ccc(-c3cnc(CN(C)C)n3CI)cc2)c1. The Kier molecular flexibility index (Phi) is 16.9. The molecule has 16 heteroatoms. The fraction of sp³-hybridized carbons (Fsp3) is 0.404. The zero-order chi connectivity index (χ0) is 48.9. The topological polar surface area (TPSA) is 141 Å². The number of hydrogen-bond donors (Lipinski definition) is 2. The summed E-state index contributed by atoms with van der Waals surface area (Å²) in [5.41, 5.74) is 6.70. The molecule has 1 saturated heterocycles. The van der Waals surface area contributed by atoms with E-state index in [0.717, 1.165) is 56.7 Å². The number of aromatic nitrogens is 2. The van der Waals surface area contributed by atoms with Crippen molar-refractivity contribution in [3.8, 4) is 22.8 Å². The molecule has 2 aliphatic rings. The van der Waals surface area contributed by atoms with Crippen LogP contribution in [0.25, 0.3) is 11.3 Å². The van der Waals surface area contributed by atoms with Crippen molar-refractivity contribution < 1.29 is 29.0 Å². The Morgan fingerprint density at radius 2 is 1.65 bits per heavy atom. The van der Waals surface area contributed by atoms with Gasteiger partial charge < -0.3 is 39.3 Å². The molecule has 1 fully saturated rings. The molecule has 0 bridgehead atoms. The molecule has 7 rings (SSSR count). The minimum absolute atomic E-state index is 0.0641. The number of amides is 4. The van der Waals surface area contributed by atoms with Gasteiger partial charge in [-0.25, -0.2) is 4.98 Å². The van der Waals surface area contributed by atoms with Gasteiger partial charge in [0.05, 0.1) is 48.1 Å². The molecular formula is C52H60ClI2N7O6. The number of likely N-dealkylation sites (N-methyl/N-ethyl adjacent to an activating group) is 2. The number of alkyl halides is 2. The van der Waals surface area contributed by atoms with Crippen molar-refractivity contribution in [1.29, 1.82) is 0 Å². The van der Waals surface area contributed by atoms with Crippen molar-refractivity contribution in [2.24, 2.45) is 5.92 Å². The second-order valence-corrected chi connectivity index (χ2v) is 21.4. The molecule has 4 amide bonds. The summed E-state index contributed by atoms with van der Waals surface area (Å²) in [6.07, 6.45) is 4.25. The van der Waals surface area contributed by atoms with Crippen molar-refractivity contribution in [1.82, 2.24) is 34.5 Å². The van der Waals surface area contributed by atoms with Gasteiger partial charge in [0.25, 0.3) is 5.91 Å². The summed E-state index contributed by atoms with van der Waals surface area (Å²) < 4.78 is 7.98. The van der Waals surface area contributed by atoms with E-state index in [1.54, 1.807) is 38.1 Å². The van der Waals surface area contributed by atoms with Gasteiger partial charge >= 0.3 is 0 Å². The van der Waals surface area contributed by atoms with Gasteiger partial charge in [-0.1, -0.05) is 89.6 Å². The van der Waals surface area contributed by atoms with Crippen molar-refractivity contribution >= 4 is 80.4 Å². The Morgan fingerprint density at radius 3 is 2.32 bits per heavy atom.